The number of carboxylic acids is 1. The van der Waals surface area contributed by atoms with Crippen LogP contribution >= 0.6 is 0 Å². The van der Waals surface area contributed by atoms with Crippen molar-refractivity contribution in [1.29, 1.82) is 0 Å². The predicted molar refractivity (Wildman–Crippen MR) is 59.3 cm³/mol. The fraction of sp³-hybridized carbons (Fsp3) is 0.273. The SMILES string of the molecule is CC(C)(Nc1nc2cc(F)ccc2o1)C(=O)O. The van der Waals surface area contributed by atoms with E-state index in [1.807, 2.05) is 0 Å². The van der Waals surface area contributed by atoms with Crippen molar-refractivity contribution in [1.82, 2.24) is 4.98 Å². The molecule has 0 saturated carbocycles. The third-order valence-corrected chi connectivity index (χ3v) is 2.30. The number of hydrogen-bond acceptors (Lipinski definition) is 4. The van der Waals surface area contributed by atoms with Crippen LogP contribution in [0.15, 0.2) is 22.6 Å². The van der Waals surface area contributed by atoms with Crippen LogP contribution in [0.25, 0.3) is 11.1 Å². The van der Waals surface area contributed by atoms with E-state index in [9.17, 15) is 9.18 Å². The Morgan fingerprint density at radius 2 is 2.24 bits per heavy atom. The van der Waals surface area contributed by atoms with Gasteiger partial charge in [0, 0.05) is 6.07 Å². The van der Waals surface area contributed by atoms with Crippen molar-refractivity contribution in [2.24, 2.45) is 0 Å². The lowest BCUT2D eigenvalue weighted by Crippen LogP contribution is -2.40. The summed E-state index contributed by atoms with van der Waals surface area (Å²) in [7, 11) is 0. The van der Waals surface area contributed by atoms with Crippen LogP contribution in [0.4, 0.5) is 10.4 Å². The third kappa shape index (κ3) is 2.20. The summed E-state index contributed by atoms with van der Waals surface area (Å²) in [5, 5.41) is 11.6. The molecule has 5 nitrogen and oxygen atoms in total. The molecule has 0 unspecified atom stereocenters. The molecule has 2 rings (SSSR count). The Morgan fingerprint density at radius 1 is 1.53 bits per heavy atom. The first-order chi connectivity index (χ1) is 7.88. The van der Waals surface area contributed by atoms with E-state index in [1.165, 1.54) is 32.0 Å². The average Bonchev–Trinajstić information content (AvgIpc) is 2.57. The highest BCUT2D eigenvalue weighted by atomic mass is 19.1. The van der Waals surface area contributed by atoms with E-state index in [2.05, 4.69) is 10.3 Å². The summed E-state index contributed by atoms with van der Waals surface area (Å²) in [5.74, 6) is -1.46. The van der Waals surface area contributed by atoms with Gasteiger partial charge in [-0.3, -0.25) is 0 Å². The maximum absolute atomic E-state index is 12.9. The van der Waals surface area contributed by atoms with Crippen molar-refractivity contribution in [3.8, 4) is 0 Å². The molecule has 17 heavy (non-hydrogen) atoms. The van der Waals surface area contributed by atoms with Gasteiger partial charge in [0.05, 0.1) is 0 Å². The Balaban J connectivity index is 2.34. The molecular formula is C11H11FN2O3. The van der Waals surface area contributed by atoms with Crippen molar-refractivity contribution in [2.45, 2.75) is 19.4 Å². The molecule has 0 aliphatic carbocycles. The van der Waals surface area contributed by atoms with Gasteiger partial charge in [0.1, 0.15) is 16.9 Å². The number of aliphatic carboxylic acids is 1. The molecule has 0 aliphatic rings. The molecule has 0 aliphatic heterocycles. The van der Waals surface area contributed by atoms with E-state index in [0.717, 1.165) is 0 Å². The van der Waals surface area contributed by atoms with Crippen molar-refractivity contribution in [3.63, 3.8) is 0 Å². The smallest absolute Gasteiger partial charge is 0.328 e. The van der Waals surface area contributed by atoms with Crippen molar-refractivity contribution in [2.75, 3.05) is 5.32 Å². The first-order valence-corrected chi connectivity index (χ1v) is 4.96. The van der Waals surface area contributed by atoms with E-state index in [0.29, 0.717) is 11.1 Å². The minimum absolute atomic E-state index is 0.0537. The number of aromatic nitrogens is 1. The Kier molecular flexibility index (Phi) is 2.49. The molecule has 0 bridgehead atoms. The zero-order chi connectivity index (χ0) is 12.6. The molecule has 1 aromatic heterocycles. The highest BCUT2D eigenvalue weighted by Gasteiger charge is 2.28. The molecule has 1 aromatic carbocycles. The summed E-state index contributed by atoms with van der Waals surface area (Å²) >= 11 is 0. The van der Waals surface area contributed by atoms with Crippen LogP contribution in [-0.4, -0.2) is 21.6 Å². The van der Waals surface area contributed by atoms with E-state index in [1.54, 1.807) is 0 Å². The number of oxazole rings is 1. The number of fused-ring (bicyclic) bond motifs is 1. The van der Waals surface area contributed by atoms with E-state index < -0.39 is 17.3 Å². The molecule has 0 fully saturated rings. The fourth-order valence-electron chi connectivity index (χ4n) is 1.27. The number of halogens is 1. The van der Waals surface area contributed by atoms with Gasteiger partial charge in [-0.15, -0.1) is 0 Å². The van der Waals surface area contributed by atoms with Gasteiger partial charge in [0.2, 0.25) is 0 Å². The number of nitrogens with one attached hydrogen (secondary N) is 1. The third-order valence-electron chi connectivity index (χ3n) is 2.30. The zero-order valence-electron chi connectivity index (χ0n) is 9.32. The largest absolute Gasteiger partial charge is 0.480 e. The van der Waals surface area contributed by atoms with Crippen molar-refractivity contribution < 1.29 is 18.7 Å². The maximum atomic E-state index is 12.9. The van der Waals surface area contributed by atoms with Crippen LogP contribution in [0, 0.1) is 5.82 Å². The molecule has 0 radical (unpaired) electrons. The van der Waals surface area contributed by atoms with Gasteiger partial charge < -0.3 is 14.8 Å². The summed E-state index contributed by atoms with van der Waals surface area (Å²) in [6.45, 7) is 2.95. The lowest BCUT2D eigenvalue weighted by atomic mass is 10.1. The topological polar surface area (TPSA) is 75.4 Å². The van der Waals surface area contributed by atoms with E-state index >= 15 is 0 Å². The maximum Gasteiger partial charge on any atom is 0.328 e. The molecular weight excluding hydrogens is 227 g/mol. The lowest BCUT2D eigenvalue weighted by molar-refractivity contribution is -0.141. The second kappa shape index (κ2) is 3.73. The van der Waals surface area contributed by atoms with Crippen LogP contribution in [0.5, 0.6) is 0 Å². The van der Waals surface area contributed by atoms with Gasteiger partial charge in [-0.2, -0.15) is 4.98 Å². The number of carboxylic acid groups (broad SMARTS) is 1. The normalized spacial score (nSPS) is 11.7. The lowest BCUT2D eigenvalue weighted by Gasteiger charge is -2.18. The number of anilines is 1. The van der Waals surface area contributed by atoms with Gasteiger partial charge in [0.15, 0.2) is 5.58 Å². The Hall–Kier alpha value is -2.11. The Morgan fingerprint density at radius 3 is 2.88 bits per heavy atom. The van der Waals surface area contributed by atoms with Crippen LogP contribution in [-0.2, 0) is 4.79 Å². The minimum atomic E-state index is -1.21. The average molecular weight is 238 g/mol. The van der Waals surface area contributed by atoms with Gasteiger partial charge in [-0.05, 0) is 26.0 Å². The zero-order valence-corrected chi connectivity index (χ0v) is 9.32. The molecule has 0 spiro atoms. The number of rotatable bonds is 3. The fourth-order valence-corrected chi connectivity index (χ4v) is 1.27. The first-order valence-electron chi connectivity index (χ1n) is 4.96. The van der Waals surface area contributed by atoms with Gasteiger partial charge in [-0.1, -0.05) is 0 Å². The summed E-state index contributed by atoms with van der Waals surface area (Å²) in [6.07, 6.45) is 0. The molecule has 0 atom stereocenters. The Labute approximate surface area is 96.3 Å². The molecule has 2 N–H and O–H groups in total. The highest BCUT2D eigenvalue weighted by molar-refractivity contribution is 5.81. The first kappa shape index (κ1) is 11.4. The van der Waals surface area contributed by atoms with Gasteiger partial charge in [-0.25, -0.2) is 9.18 Å². The summed E-state index contributed by atoms with van der Waals surface area (Å²) < 4.78 is 18.2. The van der Waals surface area contributed by atoms with Crippen LogP contribution < -0.4 is 5.32 Å². The number of hydrogen-bond donors (Lipinski definition) is 2. The van der Waals surface area contributed by atoms with E-state index in [-0.39, 0.29) is 6.01 Å². The molecule has 6 heteroatoms. The number of carbonyl (C=O) groups is 1. The van der Waals surface area contributed by atoms with Crippen LogP contribution in [0.1, 0.15) is 13.8 Å². The second-order valence-electron chi connectivity index (χ2n) is 4.19. The molecule has 1 heterocycles. The Bertz CT molecular complexity index is 577. The summed E-state index contributed by atoms with van der Waals surface area (Å²) in [4.78, 5) is 14.9. The second-order valence-corrected chi connectivity index (χ2v) is 4.19. The van der Waals surface area contributed by atoms with Crippen LogP contribution in [0.3, 0.4) is 0 Å². The highest BCUT2D eigenvalue weighted by Crippen LogP contribution is 2.22. The summed E-state index contributed by atoms with van der Waals surface area (Å²) in [5.41, 5.74) is -0.469. The van der Waals surface area contributed by atoms with Gasteiger partial charge >= 0.3 is 5.97 Å². The number of nitrogens with zero attached hydrogens (tertiary/aromatic N) is 1. The predicted octanol–water partition coefficient (Wildman–Crippen LogP) is 2.24. The molecule has 2 aromatic rings. The quantitative estimate of drug-likeness (QED) is 0.857. The monoisotopic (exact) mass is 238 g/mol. The standard InChI is InChI=1S/C11H11FN2O3/c1-11(2,9(15)16)14-10-13-7-5-6(12)3-4-8(7)17-10/h3-5H,1-2H3,(H,13,14)(H,15,16). The molecule has 90 valence electrons. The van der Waals surface area contributed by atoms with Crippen molar-refractivity contribution >= 4 is 23.1 Å². The van der Waals surface area contributed by atoms with E-state index in [4.69, 9.17) is 9.52 Å². The van der Waals surface area contributed by atoms with Crippen LogP contribution in [0.2, 0.25) is 0 Å². The van der Waals surface area contributed by atoms with Gasteiger partial charge in [0.25, 0.3) is 6.01 Å². The van der Waals surface area contributed by atoms with Crippen molar-refractivity contribution in [3.05, 3.63) is 24.0 Å². The molecule has 0 amide bonds. The number of benzene rings is 1. The molecule has 0 saturated heterocycles. The minimum Gasteiger partial charge on any atom is -0.480 e. The summed E-state index contributed by atoms with van der Waals surface area (Å²) in [6, 6.07) is 3.96.